The van der Waals surface area contributed by atoms with E-state index in [4.69, 9.17) is 10.5 Å². The van der Waals surface area contributed by atoms with Crippen molar-refractivity contribution in [3.8, 4) is 0 Å². The second-order valence-corrected chi connectivity index (χ2v) is 5.16. The van der Waals surface area contributed by atoms with Crippen LogP contribution in [-0.2, 0) is 11.3 Å². The van der Waals surface area contributed by atoms with Gasteiger partial charge >= 0.3 is 0 Å². The van der Waals surface area contributed by atoms with E-state index < -0.39 is 0 Å². The van der Waals surface area contributed by atoms with Crippen LogP contribution >= 0.6 is 0 Å². The summed E-state index contributed by atoms with van der Waals surface area (Å²) in [5, 5.41) is 0. The van der Waals surface area contributed by atoms with Crippen LogP contribution in [0.15, 0.2) is 36.9 Å². The molecule has 21 heavy (non-hydrogen) atoms. The summed E-state index contributed by atoms with van der Waals surface area (Å²) in [7, 11) is 0. The normalized spacial score (nSPS) is 16.1. The van der Waals surface area contributed by atoms with Gasteiger partial charge in [-0.25, -0.2) is 4.98 Å². The summed E-state index contributed by atoms with van der Waals surface area (Å²) in [4.78, 5) is 14.7. The molecule has 0 radical (unpaired) electrons. The third kappa shape index (κ3) is 3.66. The molecular formula is C15H19N5O. The Labute approximate surface area is 124 Å². The van der Waals surface area contributed by atoms with Gasteiger partial charge in [0.2, 0.25) is 0 Å². The van der Waals surface area contributed by atoms with Crippen LogP contribution in [0, 0.1) is 0 Å². The van der Waals surface area contributed by atoms with Crippen molar-refractivity contribution in [2.45, 2.75) is 25.6 Å². The van der Waals surface area contributed by atoms with Gasteiger partial charge in [-0.3, -0.25) is 9.97 Å². The molecule has 0 spiro atoms. The first-order valence-corrected chi connectivity index (χ1v) is 7.14. The number of hydrogen-bond donors (Lipinski definition) is 1. The lowest BCUT2D eigenvalue weighted by molar-refractivity contribution is 0.0249. The summed E-state index contributed by atoms with van der Waals surface area (Å²) >= 11 is 0. The minimum atomic E-state index is 0.287. The lowest BCUT2D eigenvalue weighted by atomic mass is 10.1. The van der Waals surface area contributed by atoms with Crippen LogP contribution in [0.5, 0.6) is 0 Å². The fourth-order valence-corrected chi connectivity index (χ4v) is 2.47. The lowest BCUT2D eigenvalue weighted by Crippen LogP contribution is -2.37. The van der Waals surface area contributed by atoms with E-state index in [2.05, 4.69) is 19.9 Å². The molecule has 0 atom stereocenters. The highest BCUT2D eigenvalue weighted by Crippen LogP contribution is 2.20. The smallest absolute Gasteiger partial charge is 0.149 e. The summed E-state index contributed by atoms with van der Waals surface area (Å²) in [6.45, 7) is 2.45. The van der Waals surface area contributed by atoms with Crippen molar-refractivity contribution in [3.05, 3.63) is 42.5 Å². The third-order valence-electron chi connectivity index (χ3n) is 3.61. The second kappa shape index (κ2) is 6.49. The number of rotatable bonds is 4. The minimum Gasteiger partial charge on any atom is -0.382 e. The maximum atomic E-state index is 5.95. The number of hydrogen-bond acceptors (Lipinski definition) is 6. The second-order valence-electron chi connectivity index (χ2n) is 5.16. The number of piperidine rings is 1. The Bertz CT molecular complexity index is 569. The van der Waals surface area contributed by atoms with Crippen molar-refractivity contribution >= 4 is 11.6 Å². The van der Waals surface area contributed by atoms with E-state index in [1.54, 1.807) is 18.6 Å². The van der Waals surface area contributed by atoms with E-state index in [1.807, 2.05) is 18.3 Å². The minimum absolute atomic E-state index is 0.287. The molecule has 3 rings (SSSR count). The molecule has 0 amide bonds. The van der Waals surface area contributed by atoms with Crippen LogP contribution in [0.25, 0.3) is 0 Å². The van der Waals surface area contributed by atoms with E-state index in [0.29, 0.717) is 12.4 Å². The lowest BCUT2D eigenvalue weighted by Gasteiger charge is -2.32. The SMILES string of the molecule is Nc1cncc(N2CCC(OCc3cccnc3)CC2)n1. The Hall–Kier alpha value is -2.21. The molecule has 2 N–H and O–H groups in total. The zero-order valence-corrected chi connectivity index (χ0v) is 11.9. The number of aromatic nitrogens is 3. The van der Waals surface area contributed by atoms with Gasteiger partial charge in [-0.1, -0.05) is 6.07 Å². The zero-order chi connectivity index (χ0) is 14.5. The predicted octanol–water partition coefficient (Wildman–Crippen LogP) is 1.64. The summed E-state index contributed by atoms with van der Waals surface area (Å²) < 4.78 is 5.95. The third-order valence-corrected chi connectivity index (χ3v) is 3.61. The molecule has 2 aromatic rings. The van der Waals surface area contributed by atoms with Crippen molar-refractivity contribution in [1.29, 1.82) is 0 Å². The maximum absolute atomic E-state index is 5.95. The number of pyridine rings is 1. The molecule has 1 aliphatic heterocycles. The quantitative estimate of drug-likeness (QED) is 0.920. The van der Waals surface area contributed by atoms with E-state index in [1.165, 1.54) is 0 Å². The van der Waals surface area contributed by atoms with Crippen molar-refractivity contribution < 1.29 is 4.74 Å². The van der Waals surface area contributed by atoms with Gasteiger partial charge in [0.25, 0.3) is 0 Å². The van der Waals surface area contributed by atoms with Gasteiger partial charge in [0.1, 0.15) is 11.6 Å². The highest BCUT2D eigenvalue weighted by Gasteiger charge is 2.20. The molecule has 1 aliphatic rings. The van der Waals surface area contributed by atoms with Crippen molar-refractivity contribution in [1.82, 2.24) is 15.0 Å². The van der Waals surface area contributed by atoms with Gasteiger partial charge in [-0.15, -0.1) is 0 Å². The van der Waals surface area contributed by atoms with Gasteiger partial charge in [-0.2, -0.15) is 0 Å². The Morgan fingerprint density at radius 2 is 2.05 bits per heavy atom. The van der Waals surface area contributed by atoms with Crippen LogP contribution < -0.4 is 10.6 Å². The average Bonchev–Trinajstić information content (AvgIpc) is 2.54. The zero-order valence-electron chi connectivity index (χ0n) is 11.9. The molecule has 1 saturated heterocycles. The predicted molar refractivity (Wildman–Crippen MR) is 80.7 cm³/mol. The standard InChI is InChI=1S/C15H19N5O/c16-14-9-18-10-15(19-14)20-6-3-13(4-7-20)21-11-12-2-1-5-17-8-12/h1-2,5,8-10,13H,3-4,6-7,11H2,(H2,16,19). The molecule has 6 nitrogen and oxygen atoms in total. The van der Waals surface area contributed by atoms with Gasteiger partial charge in [0.15, 0.2) is 0 Å². The van der Waals surface area contributed by atoms with E-state index in [0.717, 1.165) is 37.3 Å². The van der Waals surface area contributed by atoms with Gasteiger partial charge in [-0.05, 0) is 24.5 Å². The molecule has 2 aromatic heterocycles. The molecule has 110 valence electrons. The van der Waals surface area contributed by atoms with Gasteiger partial charge in [0.05, 0.1) is 25.1 Å². The molecule has 0 saturated carbocycles. The molecule has 0 aromatic carbocycles. The van der Waals surface area contributed by atoms with Crippen LogP contribution in [0.4, 0.5) is 11.6 Å². The number of anilines is 2. The molecular weight excluding hydrogens is 266 g/mol. The monoisotopic (exact) mass is 285 g/mol. The molecule has 0 unspecified atom stereocenters. The maximum Gasteiger partial charge on any atom is 0.149 e. The Balaban J connectivity index is 1.49. The summed E-state index contributed by atoms with van der Waals surface area (Å²) in [6.07, 6.45) is 9.19. The molecule has 0 aliphatic carbocycles. The average molecular weight is 285 g/mol. The number of nitrogen functional groups attached to an aromatic ring is 1. The fraction of sp³-hybridized carbons (Fsp3) is 0.400. The van der Waals surface area contributed by atoms with E-state index in [-0.39, 0.29) is 6.10 Å². The first-order valence-electron chi connectivity index (χ1n) is 7.14. The van der Waals surface area contributed by atoms with Crippen molar-refractivity contribution in [2.75, 3.05) is 23.7 Å². The summed E-state index contributed by atoms with van der Waals surface area (Å²) in [5.41, 5.74) is 6.79. The van der Waals surface area contributed by atoms with Crippen LogP contribution in [-0.4, -0.2) is 34.1 Å². The van der Waals surface area contributed by atoms with Crippen molar-refractivity contribution in [3.63, 3.8) is 0 Å². The number of nitrogens with two attached hydrogens (primary N) is 1. The Morgan fingerprint density at radius 1 is 1.19 bits per heavy atom. The highest BCUT2D eigenvalue weighted by atomic mass is 16.5. The summed E-state index contributed by atoms with van der Waals surface area (Å²) in [5.74, 6) is 1.31. The Kier molecular flexibility index (Phi) is 4.25. The van der Waals surface area contributed by atoms with E-state index in [9.17, 15) is 0 Å². The van der Waals surface area contributed by atoms with Gasteiger partial charge < -0.3 is 15.4 Å². The first-order chi connectivity index (χ1) is 10.3. The molecule has 6 heteroatoms. The first kappa shape index (κ1) is 13.8. The van der Waals surface area contributed by atoms with Gasteiger partial charge in [0, 0.05) is 25.5 Å². The fourth-order valence-electron chi connectivity index (χ4n) is 2.47. The van der Waals surface area contributed by atoms with E-state index >= 15 is 0 Å². The topological polar surface area (TPSA) is 77.2 Å². The molecule has 1 fully saturated rings. The van der Waals surface area contributed by atoms with Crippen LogP contribution in [0.1, 0.15) is 18.4 Å². The largest absolute Gasteiger partial charge is 0.382 e. The highest BCUT2D eigenvalue weighted by molar-refractivity contribution is 5.41. The van der Waals surface area contributed by atoms with Crippen LogP contribution in [0.3, 0.4) is 0 Å². The molecule has 0 bridgehead atoms. The number of ether oxygens (including phenoxy) is 1. The van der Waals surface area contributed by atoms with Crippen molar-refractivity contribution in [2.24, 2.45) is 0 Å². The number of nitrogens with zero attached hydrogens (tertiary/aromatic N) is 4. The molecule has 3 heterocycles. The Morgan fingerprint density at radius 3 is 2.76 bits per heavy atom. The summed E-state index contributed by atoms with van der Waals surface area (Å²) in [6, 6.07) is 3.96. The van der Waals surface area contributed by atoms with Crippen LogP contribution in [0.2, 0.25) is 0 Å².